The van der Waals surface area contributed by atoms with E-state index in [-0.39, 0.29) is 5.92 Å². The van der Waals surface area contributed by atoms with Crippen molar-refractivity contribution in [3.05, 3.63) is 29.8 Å². The van der Waals surface area contributed by atoms with Crippen LogP contribution in [0.15, 0.2) is 24.3 Å². The molecule has 20 heavy (non-hydrogen) atoms. The topological polar surface area (TPSA) is 36.3 Å². The van der Waals surface area contributed by atoms with Gasteiger partial charge < -0.3 is 4.74 Å². The number of hydrogen-bond donors (Lipinski definition) is 0. The van der Waals surface area contributed by atoms with E-state index < -0.39 is 0 Å². The number of nitrogens with zero attached hydrogens (tertiary/aromatic N) is 2. The van der Waals surface area contributed by atoms with E-state index in [1.165, 1.54) is 24.8 Å². The number of fused-ring (bicyclic) bond motifs is 2. The minimum atomic E-state index is 0.275. The van der Waals surface area contributed by atoms with Gasteiger partial charge in [-0.1, -0.05) is 18.6 Å². The molecule has 3 rings (SSSR count). The lowest BCUT2D eigenvalue weighted by Gasteiger charge is -2.47. The molecule has 0 radical (unpaired) electrons. The molecule has 1 aromatic rings. The van der Waals surface area contributed by atoms with Crippen LogP contribution in [0.3, 0.4) is 0 Å². The average Bonchev–Trinajstić information content (AvgIpc) is 2.47. The third-order valence-electron chi connectivity index (χ3n) is 4.83. The molecule has 2 aliphatic heterocycles. The molecule has 0 aliphatic carbocycles. The fourth-order valence-electron chi connectivity index (χ4n) is 3.78. The number of hydrogen-bond acceptors (Lipinski definition) is 3. The Hall–Kier alpha value is -1.53. The number of rotatable bonds is 3. The lowest BCUT2D eigenvalue weighted by molar-refractivity contribution is 0.0184. The first-order chi connectivity index (χ1) is 9.80. The Balaban J connectivity index is 1.71. The van der Waals surface area contributed by atoms with Gasteiger partial charge >= 0.3 is 0 Å². The number of ether oxygens (including phenoxy) is 1. The molecule has 2 fully saturated rings. The average molecular weight is 270 g/mol. The molecule has 1 unspecified atom stereocenters. The maximum absolute atomic E-state index is 9.20. The van der Waals surface area contributed by atoms with Gasteiger partial charge in [-0.05, 0) is 43.4 Å². The summed E-state index contributed by atoms with van der Waals surface area (Å²) in [6, 6.07) is 12.1. The molecule has 3 nitrogen and oxygen atoms in total. The third kappa shape index (κ3) is 2.66. The summed E-state index contributed by atoms with van der Waals surface area (Å²) in [5, 5.41) is 9.20. The second-order valence-corrected chi connectivity index (χ2v) is 6.06. The Labute approximate surface area is 121 Å². The van der Waals surface area contributed by atoms with Crippen LogP contribution < -0.4 is 4.74 Å². The molecule has 1 aromatic carbocycles. The highest BCUT2D eigenvalue weighted by atomic mass is 16.5. The summed E-state index contributed by atoms with van der Waals surface area (Å²) in [6.07, 6.45) is 5.95. The monoisotopic (exact) mass is 270 g/mol. The number of piperidine rings is 2. The summed E-state index contributed by atoms with van der Waals surface area (Å²) in [7, 11) is 1.70. The molecule has 0 saturated carbocycles. The van der Waals surface area contributed by atoms with Gasteiger partial charge in [-0.15, -0.1) is 0 Å². The van der Waals surface area contributed by atoms with Crippen molar-refractivity contribution in [3.63, 3.8) is 0 Å². The van der Waals surface area contributed by atoms with E-state index in [0.29, 0.717) is 12.1 Å². The Morgan fingerprint density at radius 1 is 1.20 bits per heavy atom. The first-order valence-corrected chi connectivity index (χ1v) is 7.58. The van der Waals surface area contributed by atoms with Crippen LogP contribution in [0.2, 0.25) is 0 Å². The van der Waals surface area contributed by atoms with Crippen molar-refractivity contribution in [3.8, 4) is 11.8 Å². The van der Waals surface area contributed by atoms with Gasteiger partial charge in [0.25, 0.3) is 0 Å². The highest BCUT2D eigenvalue weighted by molar-refractivity contribution is 5.27. The van der Waals surface area contributed by atoms with Crippen molar-refractivity contribution in [2.24, 2.45) is 5.92 Å². The predicted octanol–water partition coefficient (Wildman–Crippen LogP) is 3.35. The highest BCUT2D eigenvalue weighted by Gasteiger charge is 2.37. The molecule has 2 bridgehead atoms. The minimum Gasteiger partial charge on any atom is -0.497 e. The van der Waals surface area contributed by atoms with E-state index >= 15 is 0 Å². The van der Waals surface area contributed by atoms with Crippen LogP contribution in [-0.4, -0.2) is 24.1 Å². The standard InChI is InChI=1S/C17H22N2O/c1-20-17-7-5-13(6-8-17)12-19-15-3-2-4-16(19)10-14(9-15)11-18/h5-8,14-16H,2-4,9-10,12H2,1H3/t14?,15-,16+. The molecule has 106 valence electrons. The number of benzene rings is 1. The minimum absolute atomic E-state index is 0.275. The summed E-state index contributed by atoms with van der Waals surface area (Å²) >= 11 is 0. The van der Waals surface area contributed by atoms with Crippen molar-refractivity contribution in [2.75, 3.05) is 7.11 Å². The molecule has 3 heteroatoms. The Morgan fingerprint density at radius 2 is 1.85 bits per heavy atom. The molecule has 0 N–H and O–H groups in total. The molecule has 0 aromatic heterocycles. The van der Waals surface area contributed by atoms with Gasteiger partial charge in [-0.25, -0.2) is 0 Å². The lowest BCUT2D eigenvalue weighted by atomic mass is 9.79. The van der Waals surface area contributed by atoms with E-state index in [1.807, 2.05) is 12.1 Å². The predicted molar refractivity (Wildman–Crippen MR) is 78.3 cm³/mol. The fraction of sp³-hybridized carbons (Fsp3) is 0.588. The summed E-state index contributed by atoms with van der Waals surface area (Å²) < 4.78 is 5.21. The van der Waals surface area contributed by atoms with Gasteiger partial charge in [0.2, 0.25) is 0 Å². The first kappa shape index (κ1) is 13.5. The van der Waals surface area contributed by atoms with Crippen LogP contribution in [0.1, 0.15) is 37.7 Å². The Bertz CT molecular complexity index is 477. The second kappa shape index (κ2) is 5.85. The molecule has 0 spiro atoms. The molecular formula is C17H22N2O. The van der Waals surface area contributed by atoms with Crippen molar-refractivity contribution in [1.29, 1.82) is 5.26 Å². The maximum Gasteiger partial charge on any atom is 0.118 e. The van der Waals surface area contributed by atoms with E-state index in [0.717, 1.165) is 25.1 Å². The van der Waals surface area contributed by atoms with Gasteiger partial charge in [0.1, 0.15) is 5.75 Å². The summed E-state index contributed by atoms with van der Waals surface area (Å²) in [4.78, 5) is 2.64. The van der Waals surface area contributed by atoms with Gasteiger partial charge in [-0.3, -0.25) is 4.90 Å². The number of methoxy groups -OCH3 is 1. The van der Waals surface area contributed by atoms with E-state index in [1.54, 1.807) is 7.11 Å². The Kier molecular flexibility index (Phi) is 3.93. The van der Waals surface area contributed by atoms with Gasteiger partial charge in [0, 0.05) is 24.5 Å². The van der Waals surface area contributed by atoms with E-state index in [4.69, 9.17) is 4.74 Å². The van der Waals surface area contributed by atoms with Gasteiger partial charge in [0.15, 0.2) is 0 Å². The van der Waals surface area contributed by atoms with Crippen molar-refractivity contribution < 1.29 is 4.74 Å². The van der Waals surface area contributed by atoms with Gasteiger partial charge in [-0.2, -0.15) is 5.26 Å². The number of nitriles is 1. The normalized spacial score (nSPS) is 29.7. The van der Waals surface area contributed by atoms with Crippen LogP contribution in [0.5, 0.6) is 5.75 Å². The lowest BCUT2D eigenvalue weighted by Crippen LogP contribution is -2.51. The zero-order valence-corrected chi connectivity index (χ0v) is 12.1. The first-order valence-electron chi connectivity index (χ1n) is 7.58. The SMILES string of the molecule is COc1ccc(CN2[C@@H]3CCC[C@H]2CC(C#N)C3)cc1. The molecule has 2 heterocycles. The van der Waals surface area contributed by atoms with Gasteiger partial charge in [0.05, 0.1) is 13.2 Å². The van der Waals surface area contributed by atoms with Crippen molar-refractivity contribution in [1.82, 2.24) is 4.90 Å². The third-order valence-corrected chi connectivity index (χ3v) is 4.83. The quantitative estimate of drug-likeness (QED) is 0.845. The highest BCUT2D eigenvalue weighted by Crippen LogP contribution is 2.37. The molecule has 2 aliphatic rings. The summed E-state index contributed by atoms with van der Waals surface area (Å²) in [5.41, 5.74) is 1.35. The second-order valence-electron chi connectivity index (χ2n) is 6.06. The van der Waals surface area contributed by atoms with E-state index in [9.17, 15) is 5.26 Å². The zero-order chi connectivity index (χ0) is 13.9. The molecule has 3 atom stereocenters. The van der Waals surface area contributed by atoms with Crippen LogP contribution in [0.25, 0.3) is 0 Å². The fourth-order valence-corrected chi connectivity index (χ4v) is 3.78. The molecule has 0 amide bonds. The Morgan fingerprint density at radius 3 is 2.40 bits per heavy atom. The van der Waals surface area contributed by atoms with Crippen LogP contribution in [-0.2, 0) is 6.54 Å². The summed E-state index contributed by atoms with van der Waals surface area (Å²) in [5.74, 6) is 1.19. The van der Waals surface area contributed by atoms with Crippen LogP contribution in [0.4, 0.5) is 0 Å². The zero-order valence-electron chi connectivity index (χ0n) is 12.1. The van der Waals surface area contributed by atoms with Crippen LogP contribution >= 0.6 is 0 Å². The van der Waals surface area contributed by atoms with Crippen molar-refractivity contribution >= 4 is 0 Å². The largest absolute Gasteiger partial charge is 0.497 e. The maximum atomic E-state index is 9.20. The van der Waals surface area contributed by atoms with E-state index in [2.05, 4.69) is 23.1 Å². The smallest absolute Gasteiger partial charge is 0.118 e. The molecular weight excluding hydrogens is 248 g/mol. The molecule has 2 saturated heterocycles. The van der Waals surface area contributed by atoms with Crippen LogP contribution in [0, 0.1) is 17.2 Å². The van der Waals surface area contributed by atoms with Crippen molar-refractivity contribution in [2.45, 2.75) is 50.7 Å². The summed E-state index contributed by atoms with van der Waals surface area (Å²) in [6.45, 7) is 1.01.